The normalized spacial score (nSPS) is 10.1. The Kier molecular flexibility index (Phi) is 2.88. The minimum absolute atomic E-state index is 0.554. The Hall–Kier alpha value is -1.87. The van der Waals surface area contributed by atoms with Crippen LogP contribution in [-0.4, -0.2) is 19.7 Å². The highest BCUT2D eigenvalue weighted by molar-refractivity contribution is 7.99. The van der Waals surface area contributed by atoms with E-state index in [9.17, 15) is 0 Å². The number of aryl methyl sites for hydroxylation is 2. The van der Waals surface area contributed by atoms with Crippen LogP contribution in [-0.2, 0) is 7.05 Å². The first-order valence-electron chi connectivity index (χ1n) is 4.60. The van der Waals surface area contributed by atoms with E-state index >= 15 is 0 Å². The van der Waals surface area contributed by atoms with Gasteiger partial charge in [0, 0.05) is 12.7 Å². The number of aromatic nitrogens is 4. The molecular formula is C10H9N5S. The molecule has 0 aromatic carbocycles. The number of hydrogen-bond donors (Lipinski definition) is 0. The molecule has 2 aromatic rings. The quantitative estimate of drug-likeness (QED) is 0.784. The van der Waals surface area contributed by atoms with E-state index in [4.69, 9.17) is 5.26 Å². The molecule has 0 amide bonds. The third-order valence-electron chi connectivity index (χ3n) is 1.98. The predicted octanol–water partition coefficient (Wildman–Crippen LogP) is 1.54. The van der Waals surface area contributed by atoms with Gasteiger partial charge in [-0.3, -0.25) is 0 Å². The van der Waals surface area contributed by atoms with E-state index in [2.05, 4.69) is 21.3 Å². The van der Waals surface area contributed by atoms with E-state index in [-0.39, 0.29) is 0 Å². The van der Waals surface area contributed by atoms with Crippen LogP contribution in [0.1, 0.15) is 11.3 Å². The smallest absolute Gasteiger partial charge is 0.197 e. The fourth-order valence-corrected chi connectivity index (χ4v) is 2.01. The van der Waals surface area contributed by atoms with Gasteiger partial charge in [0.2, 0.25) is 0 Å². The zero-order valence-corrected chi connectivity index (χ0v) is 9.69. The second-order valence-corrected chi connectivity index (χ2v) is 4.20. The third-order valence-corrected chi connectivity index (χ3v) is 3.03. The van der Waals surface area contributed by atoms with Gasteiger partial charge < -0.3 is 4.57 Å². The van der Waals surface area contributed by atoms with E-state index < -0.39 is 0 Å². The SMILES string of the molecule is Cc1ccc(C#N)c(Sc2nncn2C)n1. The Bertz CT molecular complexity index is 555. The van der Waals surface area contributed by atoms with Crippen molar-refractivity contribution in [2.45, 2.75) is 17.1 Å². The zero-order chi connectivity index (χ0) is 11.5. The Labute approximate surface area is 97.1 Å². The molecule has 80 valence electrons. The summed E-state index contributed by atoms with van der Waals surface area (Å²) in [6.07, 6.45) is 1.62. The first-order chi connectivity index (χ1) is 7.70. The lowest BCUT2D eigenvalue weighted by molar-refractivity contribution is 0.786. The van der Waals surface area contributed by atoms with Crippen LogP contribution in [0.3, 0.4) is 0 Å². The molecule has 0 aliphatic heterocycles. The molecular weight excluding hydrogens is 222 g/mol. The van der Waals surface area contributed by atoms with Crippen LogP contribution in [0.5, 0.6) is 0 Å². The molecule has 0 fully saturated rings. The Morgan fingerprint density at radius 1 is 1.44 bits per heavy atom. The van der Waals surface area contributed by atoms with Crippen LogP contribution >= 0.6 is 11.8 Å². The maximum Gasteiger partial charge on any atom is 0.197 e. The van der Waals surface area contributed by atoms with Crippen molar-refractivity contribution < 1.29 is 0 Å². The van der Waals surface area contributed by atoms with Crippen LogP contribution in [0, 0.1) is 18.3 Å². The van der Waals surface area contributed by atoms with E-state index in [1.165, 1.54) is 11.8 Å². The van der Waals surface area contributed by atoms with Gasteiger partial charge in [0.1, 0.15) is 17.4 Å². The molecule has 0 saturated carbocycles. The molecule has 0 saturated heterocycles. The monoisotopic (exact) mass is 231 g/mol. The molecule has 16 heavy (non-hydrogen) atoms. The average Bonchev–Trinajstić information content (AvgIpc) is 2.65. The highest BCUT2D eigenvalue weighted by atomic mass is 32.2. The second-order valence-electron chi connectivity index (χ2n) is 3.24. The van der Waals surface area contributed by atoms with Gasteiger partial charge in [0.25, 0.3) is 0 Å². The number of pyridine rings is 1. The first-order valence-corrected chi connectivity index (χ1v) is 5.42. The van der Waals surface area contributed by atoms with Crippen molar-refractivity contribution in [2.75, 3.05) is 0 Å². The summed E-state index contributed by atoms with van der Waals surface area (Å²) < 4.78 is 1.79. The van der Waals surface area contributed by atoms with Crippen molar-refractivity contribution in [3.63, 3.8) is 0 Å². The highest BCUT2D eigenvalue weighted by Crippen LogP contribution is 2.26. The maximum absolute atomic E-state index is 8.96. The Balaban J connectivity index is 2.38. The average molecular weight is 231 g/mol. The molecule has 0 radical (unpaired) electrons. The lowest BCUT2D eigenvalue weighted by atomic mass is 10.3. The lowest BCUT2D eigenvalue weighted by Gasteiger charge is -2.02. The minimum atomic E-state index is 0.554. The molecule has 0 aliphatic carbocycles. The lowest BCUT2D eigenvalue weighted by Crippen LogP contribution is -1.93. The van der Waals surface area contributed by atoms with Crippen LogP contribution in [0.2, 0.25) is 0 Å². The highest BCUT2D eigenvalue weighted by Gasteiger charge is 2.09. The predicted molar refractivity (Wildman–Crippen MR) is 58.8 cm³/mol. The molecule has 2 aromatic heterocycles. The number of nitriles is 1. The van der Waals surface area contributed by atoms with Crippen LogP contribution in [0.4, 0.5) is 0 Å². The van der Waals surface area contributed by atoms with E-state index in [0.717, 1.165) is 10.9 Å². The Morgan fingerprint density at radius 3 is 2.88 bits per heavy atom. The van der Waals surface area contributed by atoms with Crippen molar-refractivity contribution in [3.8, 4) is 6.07 Å². The summed E-state index contributed by atoms with van der Waals surface area (Å²) in [6.45, 7) is 1.89. The molecule has 2 rings (SSSR count). The molecule has 5 nitrogen and oxygen atoms in total. The summed E-state index contributed by atoms with van der Waals surface area (Å²) >= 11 is 1.34. The molecule has 6 heteroatoms. The van der Waals surface area contributed by atoms with Gasteiger partial charge in [-0.15, -0.1) is 10.2 Å². The number of rotatable bonds is 2. The van der Waals surface area contributed by atoms with Crippen LogP contribution in [0.25, 0.3) is 0 Å². The maximum atomic E-state index is 8.96. The van der Waals surface area contributed by atoms with Crippen molar-refractivity contribution in [1.82, 2.24) is 19.7 Å². The van der Waals surface area contributed by atoms with Crippen molar-refractivity contribution in [2.24, 2.45) is 7.05 Å². The number of hydrogen-bond acceptors (Lipinski definition) is 5. The number of nitrogens with zero attached hydrogens (tertiary/aromatic N) is 5. The molecule has 2 heterocycles. The van der Waals surface area contributed by atoms with E-state index in [1.54, 1.807) is 17.0 Å². The summed E-state index contributed by atoms with van der Waals surface area (Å²) in [5.41, 5.74) is 1.43. The van der Waals surface area contributed by atoms with Crippen molar-refractivity contribution in [1.29, 1.82) is 5.26 Å². The van der Waals surface area contributed by atoms with Gasteiger partial charge in [-0.05, 0) is 30.8 Å². The van der Waals surface area contributed by atoms with Gasteiger partial charge >= 0.3 is 0 Å². The van der Waals surface area contributed by atoms with E-state index in [1.807, 2.05) is 20.0 Å². The third kappa shape index (κ3) is 2.04. The molecule has 0 spiro atoms. The van der Waals surface area contributed by atoms with Gasteiger partial charge in [-0.25, -0.2) is 4.98 Å². The molecule has 0 aliphatic rings. The first kappa shape index (κ1) is 10.6. The molecule has 0 N–H and O–H groups in total. The van der Waals surface area contributed by atoms with Gasteiger partial charge in [0.15, 0.2) is 5.16 Å². The van der Waals surface area contributed by atoms with Crippen LogP contribution < -0.4 is 0 Å². The topological polar surface area (TPSA) is 67.4 Å². The fourth-order valence-electron chi connectivity index (χ4n) is 1.15. The molecule has 0 unspecified atom stereocenters. The largest absolute Gasteiger partial charge is 0.311 e. The summed E-state index contributed by atoms with van der Waals surface area (Å²) in [5, 5.41) is 18.1. The summed E-state index contributed by atoms with van der Waals surface area (Å²) in [7, 11) is 1.85. The summed E-state index contributed by atoms with van der Waals surface area (Å²) in [4.78, 5) is 4.32. The van der Waals surface area contributed by atoms with Crippen molar-refractivity contribution >= 4 is 11.8 Å². The fraction of sp³-hybridized carbons (Fsp3) is 0.200. The van der Waals surface area contributed by atoms with Gasteiger partial charge in [-0.2, -0.15) is 5.26 Å². The van der Waals surface area contributed by atoms with Crippen molar-refractivity contribution in [3.05, 3.63) is 29.7 Å². The summed E-state index contributed by atoms with van der Waals surface area (Å²) in [6, 6.07) is 5.70. The Morgan fingerprint density at radius 2 is 2.25 bits per heavy atom. The van der Waals surface area contributed by atoms with E-state index in [0.29, 0.717) is 10.6 Å². The van der Waals surface area contributed by atoms with Gasteiger partial charge in [-0.1, -0.05) is 0 Å². The van der Waals surface area contributed by atoms with Crippen LogP contribution in [0.15, 0.2) is 28.6 Å². The zero-order valence-electron chi connectivity index (χ0n) is 8.88. The minimum Gasteiger partial charge on any atom is -0.311 e. The van der Waals surface area contributed by atoms with Gasteiger partial charge in [0.05, 0.1) is 5.56 Å². The standard InChI is InChI=1S/C10H9N5S/c1-7-3-4-8(5-11)9(13-7)16-10-14-12-6-15(10)2/h3-4,6H,1-2H3. The summed E-state index contributed by atoms with van der Waals surface area (Å²) in [5.74, 6) is 0. The second kappa shape index (κ2) is 4.33. The molecule has 0 bridgehead atoms. The molecule has 0 atom stereocenters.